The number of hydrogen-bond donors (Lipinski definition) is 1. The summed E-state index contributed by atoms with van der Waals surface area (Å²) in [5.41, 5.74) is 0. The first kappa shape index (κ1) is 18.4. The molecule has 0 spiro atoms. The second-order valence-corrected chi connectivity index (χ2v) is 0.0833. The summed E-state index contributed by atoms with van der Waals surface area (Å²) in [5, 5.41) is 0. The fourth-order valence-corrected chi connectivity index (χ4v) is 0. The molecule has 0 bridgehead atoms. The van der Waals surface area contributed by atoms with E-state index in [1.807, 2.05) is 0 Å². The quantitative estimate of drug-likeness (QED) is 0.313. The Hall–Kier alpha value is 0.340. The SMILES string of the molecule is N.O=C=O.[H-].[Na+]. The summed E-state index contributed by atoms with van der Waals surface area (Å²) in [6.07, 6.45) is 0.250. The van der Waals surface area contributed by atoms with Crippen molar-refractivity contribution in [2.45, 2.75) is 0 Å². The van der Waals surface area contributed by atoms with Crippen molar-refractivity contribution in [3.63, 3.8) is 0 Å². The first-order valence-electron chi connectivity index (χ1n) is 0.408. The van der Waals surface area contributed by atoms with Crippen LogP contribution in [0.1, 0.15) is 1.43 Å². The van der Waals surface area contributed by atoms with E-state index in [4.69, 9.17) is 9.59 Å². The minimum atomic E-state index is 0. The molecule has 0 rings (SSSR count). The zero-order chi connectivity index (χ0) is 2.71. The van der Waals surface area contributed by atoms with Crippen molar-refractivity contribution in [2.24, 2.45) is 0 Å². The van der Waals surface area contributed by atoms with Gasteiger partial charge in [-0.1, -0.05) is 0 Å². The average molecular weight is 85.0 g/mol. The summed E-state index contributed by atoms with van der Waals surface area (Å²) >= 11 is 0. The fraction of sp³-hybridized carbons (Fsp3) is 0. The monoisotopic (exact) mass is 85.0 g/mol. The van der Waals surface area contributed by atoms with Crippen molar-refractivity contribution in [3.05, 3.63) is 0 Å². The molecule has 0 atom stereocenters. The van der Waals surface area contributed by atoms with Crippen LogP contribution in [0, 0.1) is 0 Å². The van der Waals surface area contributed by atoms with Crippen LogP contribution in [-0.4, -0.2) is 6.15 Å². The number of rotatable bonds is 0. The van der Waals surface area contributed by atoms with Gasteiger partial charge in [0.15, 0.2) is 0 Å². The van der Waals surface area contributed by atoms with Gasteiger partial charge in [0.1, 0.15) is 0 Å². The molecule has 0 aliphatic carbocycles. The van der Waals surface area contributed by atoms with E-state index in [0.717, 1.165) is 0 Å². The Morgan fingerprint density at radius 2 is 1.40 bits per heavy atom. The molecule has 0 aromatic heterocycles. The maximum absolute atomic E-state index is 8.12. The predicted molar refractivity (Wildman–Crippen MR) is 11.1 cm³/mol. The van der Waals surface area contributed by atoms with Crippen LogP contribution in [0.25, 0.3) is 0 Å². The molecule has 3 N–H and O–H groups in total. The van der Waals surface area contributed by atoms with Crippen LogP contribution >= 0.6 is 0 Å². The van der Waals surface area contributed by atoms with Crippen molar-refractivity contribution in [2.75, 3.05) is 0 Å². The average Bonchev–Trinajstić information content (AvgIpc) is 0.918. The summed E-state index contributed by atoms with van der Waals surface area (Å²) in [6, 6.07) is 0. The molecule has 0 aromatic carbocycles. The second kappa shape index (κ2) is 27.0. The van der Waals surface area contributed by atoms with Gasteiger partial charge in [-0.2, -0.15) is 9.59 Å². The first-order chi connectivity index (χ1) is 1.41. The Morgan fingerprint density at radius 1 is 1.40 bits per heavy atom. The van der Waals surface area contributed by atoms with Gasteiger partial charge < -0.3 is 7.58 Å². The number of carbonyl (C=O) groups excluding carboxylic acids is 2. The Labute approximate surface area is 53.1 Å². The van der Waals surface area contributed by atoms with Gasteiger partial charge >= 0.3 is 35.7 Å². The van der Waals surface area contributed by atoms with Crippen LogP contribution in [0.15, 0.2) is 0 Å². The van der Waals surface area contributed by atoms with Gasteiger partial charge in [-0.05, 0) is 0 Å². The molecule has 0 aliphatic rings. The largest absolute Gasteiger partial charge is 1.00 e. The maximum atomic E-state index is 8.12. The summed E-state index contributed by atoms with van der Waals surface area (Å²) in [6.45, 7) is 0. The summed E-state index contributed by atoms with van der Waals surface area (Å²) in [7, 11) is 0. The van der Waals surface area contributed by atoms with Crippen molar-refractivity contribution in [3.8, 4) is 0 Å². The van der Waals surface area contributed by atoms with Crippen LogP contribution in [0.4, 0.5) is 0 Å². The third-order valence-electron chi connectivity index (χ3n) is 0. The van der Waals surface area contributed by atoms with Gasteiger partial charge in [0, 0.05) is 0 Å². The van der Waals surface area contributed by atoms with Gasteiger partial charge in [0.05, 0.1) is 0 Å². The standard InChI is InChI=1S/CO2.H3N.Na.H/c2-1-3;;;/h;1H3;;/q;;+1;-1. The molecule has 0 saturated heterocycles. The zero-order valence-electron chi connectivity index (χ0n) is 4.02. The van der Waals surface area contributed by atoms with Crippen LogP contribution in [-0.2, 0) is 9.59 Å². The van der Waals surface area contributed by atoms with Gasteiger partial charge in [0.25, 0.3) is 0 Å². The molecular formula is CH4NNaO2. The number of hydrogen-bond acceptors (Lipinski definition) is 3. The molecule has 5 heavy (non-hydrogen) atoms. The molecule has 0 unspecified atom stereocenters. The third kappa shape index (κ3) is 206. The maximum Gasteiger partial charge on any atom is 1.00 e. The van der Waals surface area contributed by atoms with Crippen LogP contribution in [0.5, 0.6) is 0 Å². The van der Waals surface area contributed by atoms with E-state index < -0.39 is 0 Å². The van der Waals surface area contributed by atoms with E-state index in [0.29, 0.717) is 0 Å². The Bertz CT molecular complexity index is 34.5. The van der Waals surface area contributed by atoms with Crippen molar-refractivity contribution < 1.29 is 40.6 Å². The zero-order valence-corrected chi connectivity index (χ0v) is 5.02. The van der Waals surface area contributed by atoms with E-state index in [1.54, 1.807) is 0 Å². The van der Waals surface area contributed by atoms with Gasteiger partial charge in [0.2, 0.25) is 0 Å². The fourth-order valence-electron chi connectivity index (χ4n) is 0. The third-order valence-corrected chi connectivity index (χ3v) is 0. The molecular weight excluding hydrogens is 81.0 g/mol. The predicted octanol–water partition coefficient (Wildman–Crippen LogP) is -3.31. The van der Waals surface area contributed by atoms with E-state index in [9.17, 15) is 0 Å². The van der Waals surface area contributed by atoms with Crippen molar-refractivity contribution in [1.82, 2.24) is 6.15 Å². The molecule has 0 radical (unpaired) electrons. The van der Waals surface area contributed by atoms with Crippen LogP contribution < -0.4 is 35.7 Å². The van der Waals surface area contributed by atoms with Gasteiger partial charge in [-0.15, -0.1) is 0 Å². The van der Waals surface area contributed by atoms with E-state index in [2.05, 4.69) is 0 Å². The minimum absolute atomic E-state index is 0. The van der Waals surface area contributed by atoms with Gasteiger partial charge in [-0.25, -0.2) is 0 Å². The molecule has 0 heterocycles. The summed E-state index contributed by atoms with van der Waals surface area (Å²) < 4.78 is 0. The normalized spacial score (nSPS) is 1.60. The first-order valence-corrected chi connectivity index (χ1v) is 0.408. The van der Waals surface area contributed by atoms with E-state index in [1.165, 1.54) is 0 Å². The molecule has 0 saturated carbocycles. The Morgan fingerprint density at radius 3 is 1.40 bits per heavy atom. The molecule has 26 valence electrons. The van der Waals surface area contributed by atoms with E-state index >= 15 is 0 Å². The second-order valence-electron chi connectivity index (χ2n) is 0.0833. The molecule has 4 heteroatoms. The van der Waals surface area contributed by atoms with Crippen LogP contribution in [0.2, 0.25) is 0 Å². The van der Waals surface area contributed by atoms with Crippen LogP contribution in [0.3, 0.4) is 0 Å². The topological polar surface area (TPSA) is 69.1 Å². The van der Waals surface area contributed by atoms with E-state index in [-0.39, 0.29) is 43.3 Å². The minimum Gasteiger partial charge on any atom is -1.00 e. The van der Waals surface area contributed by atoms with Crippen molar-refractivity contribution in [1.29, 1.82) is 0 Å². The van der Waals surface area contributed by atoms with Gasteiger partial charge in [-0.3, -0.25) is 0 Å². The molecule has 3 nitrogen and oxygen atoms in total. The molecule has 0 aliphatic heterocycles. The summed E-state index contributed by atoms with van der Waals surface area (Å²) in [5.74, 6) is 0. The summed E-state index contributed by atoms with van der Waals surface area (Å²) in [4.78, 5) is 16.2. The Kier molecular flexibility index (Phi) is 99.1. The van der Waals surface area contributed by atoms with Crippen molar-refractivity contribution >= 4 is 6.15 Å². The molecule has 0 aromatic rings. The smallest absolute Gasteiger partial charge is 1.00 e. The molecule has 0 amide bonds. The molecule has 0 fully saturated rings. The Balaban J connectivity index is -0.00000000667.